The summed E-state index contributed by atoms with van der Waals surface area (Å²) in [5.41, 5.74) is 1.04. The first-order valence-corrected chi connectivity index (χ1v) is 8.38. The molecular formula is C16H11ClO5S. The molecule has 0 saturated heterocycles. The zero-order chi connectivity index (χ0) is 16.6. The summed E-state index contributed by atoms with van der Waals surface area (Å²) in [5, 5.41) is 9.06. The molecule has 1 heterocycles. The number of benzene rings is 2. The first-order chi connectivity index (χ1) is 11.0. The first kappa shape index (κ1) is 15.7. The molecule has 0 amide bonds. The molecule has 0 radical (unpaired) electrons. The molecule has 5 nitrogen and oxygen atoms in total. The lowest BCUT2D eigenvalue weighted by Gasteiger charge is -2.11. The van der Waals surface area contributed by atoms with Crippen LogP contribution in [0.2, 0.25) is 5.02 Å². The van der Waals surface area contributed by atoms with Crippen molar-refractivity contribution in [2.45, 2.75) is 11.0 Å². The Bertz CT molecular complexity index is 819. The molecule has 1 aliphatic rings. The molecule has 0 bridgehead atoms. The third-order valence-corrected chi connectivity index (χ3v) is 5.22. The molecule has 1 aliphatic heterocycles. The van der Waals surface area contributed by atoms with Crippen LogP contribution in [-0.2, 0) is 15.5 Å². The Morgan fingerprint density at radius 1 is 1.22 bits per heavy atom. The predicted molar refractivity (Wildman–Crippen MR) is 84.5 cm³/mol. The highest BCUT2D eigenvalue weighted by Gasteiger charge is 2.35. The lowest BCUT2D eigenvalue weighted by atomic mass is 9.99. The van der Waals surface area contributed by atoms with E-state index in [0.717, 1.165) is 0 Å². The zero-order valence-corrected chi connectivity index (χ0v) is 13.3. The van der Waals surface area contributed by atoms with Crippen LogP contribution in [0.5, 0.6) is 0 Å². The summed E-state index contributed by atoms with van der Waals surface area (Å²) in [6, 6.07) is 11.5. The summed E-state index contributed by atoms with van der Waals surface area (Å²) in [5.74, 6) is -0.328. The number of hydrogen-bond donors (Lipinski definition) is 1. The second-order valence-electron chi connectivity index (χ2n) is 4.95. The van der Waals surface area contributed by atoms with Gasteiger partial charge < -0.3 is 9.84 Å². The van der Waals surface area contributed by atoms with Crippen LogP contribution < -0.4 is 0 Å². The molecule has 2 aromatic carbocycles. The van der Waals surface area contributed by atoms with Crippen LogP contribution in [0.25, 0.3) is 0 Å². The van der Waals surface area contributed by atoms with Crippen LogP contribution in [0, 0.1) is 0 Å². The largest absolute Gasteiger partial charge is 0.506 e. The fraction of sp³-hybridized carbons (Fsp3) is 0.125. The van der Waals surface area contributed by atoms with Gasteiger partial charge in [-0.2, -0.15) is 0 Å². The highest BCUT2D eigenvalue weighted by Crippen LogP contribution is 2.38. The molecule has 118 valence electrons. The topological polar surface area (TPSA) is 80.7 Å². The first-order valence-electron chi connectivity index (χ1n) is 6.68. The molecular weight excluding hydrogens is 340 g/mol. The van der Waals surface area contributed by atoms with Crippen molar-refractivity contribution >= 4 is 34.3 Å². The quantitative estimate of drug-likeness (QED) is 0.677. The summed E-state index contributed by atoms with van der Waals surface area (Å²) >= 11 is 6.06. The van der Waals surface area contributed by atoms with Crippen LogP contribution in [0.15, 0.2) is 47.4 Å². The summed E-state index contributed by atoms with van der Waals surface area (Å²) in [4.78, 5) is 23.8. The SMILES string of the molecule is O=C(O)OC1CS(=O)c2c(C(=O)c3ccccc3)cc(Cl)cc21. The second kappa shape index (κ2) is 6.14. The van der Waals surface area contributed by atoms with E-state index in [1.54, 1.807) is 30.3 Å². The number of ether oxygens (including phenoxy) is 1. The van der Waals surface area contributed by atoms with Gasteiger partial charge in [0.05, 0.1) is 21.4 Å². The van der Waals surface area contributed by atoms with Gasteiger partial charge in [0, 0.05) is 21.7 Å². The minimum absolute atomic E-state index is 0.0168. The maximum absolute atomic E-state index is 12.7. The fourth-order valence-electron chi connectivity index (χ4n) is 2.55. The van der Waals surface area contributed by atoms with Crippen molar-refractivity contribution in [3.8, 4) is 0 Å². The average Bonchev–Trinajstić information content (AvgIpc) is 2.82. The minimum Gasteiger partial charge on any atom is -0.450 e. The van der Waals surface area contributed by atoms with Crippen molar-refractivity contribution in [1.82, 2.24) is 0 Å². The van der Waals surface area contributed by atoms with Gasteiger partial charge in [-0.15, -0.1) is 0 Å². The number of fused-ring (bicyclic) bond motifs is 1. The molecule has 3 rings (SSSR count). The Morgan fingerprint density at radius 3 is 2.57 bits per heavy atom. The molecule has 1 N–H and O–H groups in total. The second-order valence-corrected chi connectivity index (χ2v) is 6.82. The van der Waals surface area contributed by atoms with Crippen molar-refractivity contribution in [1.29, 1.82) is 0 Å². The van der Waals surface area contributed by atoms with E-state index in [9.17, 15) is 13.8 Å². The van der Waals surface area contributed by atoms with E-state index in [-0.39, 0.29) is 22.1 Å². The Labute approximate surface area is 139 Å². The maximum atomic E-state index is 12.7. The van der Waals surface area contributed by atoms with Gasteiger partial charge >= 0.3 is 6.16 Å². The molecule has 2 aromatic rings. The van der Waals surface area contributed by atoms with Crippen LogP contribution in [0.3, 0.4) is 0 Å². The van der Waals surface area contributed by atoms with Crippen LogP contribution in [0.1, 0.15) is 27.6 Å². The predicted octanol–water partition coefficient (Wildman–Crippen LogP) is 3.43. The van der Waals surface area contributed by atoms with Crippen molar-refractivity contribution in [2.24, 2.45) is 0 Å². The van der Waals surface area contributed by atoms with Crippen LogP contribution >= 0.6 is 11.6 Å². The number of carboxylic acid groups (broad SMARTS) is 1. The normalized spacial score (nSPS) is 19.2. The number of ketones is 1. The summed E-state index contributed by atoms with van der Waals surface area (Å²) in [6.07, 6.45) is -2.35. The molecule has 0 saturated carbocycles. The van der Waals surface area contributed by atoms with Crippen LogP contribution in [-0.4, -0.2) is 27.0 Å². The molecule has 0 fully saturated rings. The Kier molecular flexibility index (Phi) is 4.19. The molecule has 7 heteroatoms. The zero-order valence-electron chi connectivity index (χ0n) is 11.7. The van der Waals surface area contributed by atoms with E-state index in [4.69, 9.17) is 21.4 Å². The number of rotatable bonds is 3. The molecule has 23 heavy (non-hydrogen) atoms. The summed E-state index contributed by atoms with van der Waals surface area (Å²) < 4.78 is 17.1. The van der Waals surface area contributed by atoms with Crippen molar-refractivity contribution < 1.29 is 23.6 Å². The van der Waals surface area contributed by atoms with Gasteiger partial charge in [-0.3, -0.25) is 9.00 Å². The standard InChI is InChI=1S/C16H11ClO5S/c17-10-6-11-13(22-16(19)20)8-23(21)15(11)12(7-10)14(18)9-4-2-1-3-5-9/h1-7,13H,8H2,(H,19,20). The van der Waals surface area contributed by atoms with Gasteiger partial charge in [0.1, 0.15) is 6.10 Å². The third kappa shape index (κ3) is 3.00. The lowest BCUT2D eigenvalue weighted by Crippen LogP contribution is -2.09. The van der Waals surface area contributed by atoms with E-state index < -0.39 is 23.1 Å². The number of halogens is 1. The molecule has 0 spiro atoms. The number of carbonyl (C=O) groups is 2. The van der Waals surface area contributed by atoms with E-state index >= 15 is 0 Å². The van der Waals surface area contributed by atoms with Gasteiger partial charge in [-0.1, -0.05) is 41.9 Å². The Morgan fingerprint density at radius 2 is 1.91 bits per heavy atom. The molecule has 0 aliphatic carbocycles. The maximum Gasteiger partial charge on any atom is 0.506 e. The van der Waals surface area contributed by atoms with Gasteiger partial charge in [-0.25, -0.2) is 4.79 Å². The van der Waals surface area contributed by atoms with Gasteiger partial charge in [0.15, 0.2) is 5.78 Å². The van der Waals surface area contributed by atoms with Crippen LogP contribution in [0.4, 0.5) is 4.79 Å². The van der Waals surface area contributed by atoms with Gasteiger partial charge in [-0.05, 0) is 12.1 Å². The Balaban J connectivity index is 2.12. The van der Waals surface area contributed by atoms with E-state index in [2.05, 4.69) is 0 Å². The van der Waals surface area contributed by atoms with Crippen molar-refractivity contribution in [3.63, 3.8) is 0 Å². The molecule has 2 atom stereocenters. The summed E-state index contributed by atoms with van der Waals surface area (Å²) in [7, 11) is -1.53. The highest BCUT2D eigenvalue weighted by atomic mass is 35.5. The van der Waals surface area contributed by atoms with Crippen molar-refractivity contribution in [3.05, 3.63) is 64.2 Å². The summed E-state index contributed by atoms with van der Waals surface area (Å²) in [6.45, 7) is 0. The lowest BCUT2D eigenvalue weighted by molar-refractivity contribution is 0.0607. The fourth-order valence-corrected chi connectivity index (χ4v) is 4.32. The minimum atomic E-state index is -1.53. The Hall–Kier alpha value is -2.18. The smallest absolute Gasteiger partial charge is 0.450 e. The third-order valence-electron chi connectivity index (χ3n) is 3.48. The van der Waals surface area contributed by atoms with E-state index in [1.807, 2.05) is 0 Å². The number of hydrogen-bond acceptors (Lipinski definition) is 4. The average molecular weight is 351 g/mol. The highest BCUT2D eigenvalue weighted by molar-refractivity contribution is 7.85. The molecule has 2 unspecified atom stereocenters. The van der Waals surface area contributed by atoms with Gasteiger partial charge in [0.2, 0.25) is 0 Å². The van der Waals surface area contributed by atoms with E-state index in [0.29, 0.717) is 16.0 Å². The monoisotopic (exact) mass is 350 g/mol. The van der Waals surface area contributed by atoms with Crippen molar-refractivity contribution in [2.75, 3.05) is 5.75 Å². The van der Waals surface area contributed by atoms with E-state index in [1.165, 1.54) is 12.1 Å². The number of carbonyl (C=O) groups excluding carboxylic acids is 1. The van der Waals surface area contributed by atoms with Gasteiger partial charge in [0.25, 0.3) is 0 Å². The molecule has 0 aromatic heterocycles.